The summed E-state index contributed by atoms with van der Waals surface area (Å²) in [5.74, 6) is 0.367. The molecule has 2 aliphatic rings. The number of carbonyl (C=O) groups is 2. The van der Waals surface area contributed by atoms with E-state index in [2.05, 4.69) is 5.32 Å². The topological polar surface area (TPSA) is 93.9 Å². The van der Waals surface area contributed by atoms with Gasteiger partial charge in [-0.25, -0.2) is 0 Å². The quantitative estimate of drug-likeness (QED) is 0.784. The van der Waals surface area contributed by atoms with Crippen LogP contribution in [-0.4, -0.2) is 56.2 Å². The van der Waals surface area contributed by atoms with Crippen molar-refractivity contribution in [1.29, 1.82) is 0 Å². The van der Waals surface area contributed by atoms with E-state index in [4.69, 9.17) is 15.2 Å². The molecule has 130 valence electrons. The smallest absolute Gasteiger partial charge is 0.234 e. The molecule has 1 aromatic rings. The number of benzene rings is 1. The molecule has 7 nitrogen and oxygen atoms in total. The molecule has 2 saturated heterocycles. The van der Waals surface area contributed by atoms with Crippen molar-refractivity contribution in [3.8, 4) is 5.75 Å². The summed E-state index contributed by atoms with van der Waals surface area (Å²) >= 11 is 0. The summed E-state index contributed by atoms with van der Waals surface area (Å²) < 4.78 is 10.7. The maximum absolute atomic E-state index is 13.0. The molecule has 2 amide bonds. The summed E-state index contributed by atoms with van der Waals surface area (Å²) in [6, 6.07) is 7.16. The number of nitrogens with two attached hydrogens (primary N) is 1. The zero-order valence-electron chi connectivity index (χ0n) is 14.0. The summed E-state index contributed by atoms with van der Waals surface area (Å²) in [6.07, 6.45) is 0.138. The van der Waals surface area contributed by atoms with E-state index in [1.165, 1.54) is 0 Å². The zero-order chi connectivity index (χ0) is 17.3. The van der Waals surface area contributed by atoms with Gasteiger partial charge in [-0.3, -0.25) is 9.59 Å². The van der Waals surface area contributed by atoms with Gasteiger partial charge in [0.2, 0.25) is 11.8 Å². The second-order valence-corrected chi connectivity index (χ2v) is 6.45. The predicted molar refractivity (Wildman–Crippen MR) is 87.2 cm³/mol. The fraction of sp³-hybridized carbons (Fsp3) is 0.529. The van der Waals surface area contributed by atoms with Gasteiger partial charge in [-0.05, 0) is 24.1 Å². The molecule has 2 fully saturated rings. The molecule has 0 aromatic heterocycles. The lowest BCUT2D eigenvalue weighted by Crippen LogP contribution is -2.41. The van der Waals surface area contributed by atoms with Crippen LogP contribution in [0.15, 0.2) is 24.3 Å². The third-order valence-electron chi connectivity index (χ3n) is 5.11. The van der Waals surface area contributed by atoms with E-state index in [0.717, 1.165) is 11.3 Å². The first-order chi connectivity index (χ1) is 11.5. The molecule has 1 spiro atoms. The maximum Gasteiger partial charge on any atom is 0.234 e. The molecule has 0 radical (unpaired) electrons. The summed E-state index contributed by atoms with van der Waals surface area (Å²) in [6.45, 7) is 1.43. The Morgan fingerprint density at radius 2 is 2.08 bits per heavy atom. The standard InChI is InChI=1S/C17H23N3O4/c1-23-12-5-3-11(4-6-12)8-20-9-14(24-2)17(16(20)22)7-13(15(18)21)19-10-17/h3-6,13-14,19H,7-10H2,1-2H3,(H2,18,21)/t13-,14?,17-/m0/s1. The minimum atomic E-state index is -0.707. The third kappa shape index (κ3) is 2.74. The second-order valence-electron chi connectivity index (χ2n) is 6.45. The van der Waals surface area contributed by atoms with E-state index in [1.54, 1.807) is 19.1 Å². The third-order valence-corrected chi connectivity index (χ3v) is 5.11. The average molecular weight is 333 g/mol. The Morgan fingerprint density at radius 3 is 2.62 bits per heavy atom. The molecular formula is C17H23N3O4. The van der Waals surface area contributed by atoms with Gasteiger partial charge >= 0.3 is 0 Å². The molecule has 3 atom stereocenters. The largest absolute Gasteiger partial charge is 0.497 e. The van der Waals surface area contributed by atoms with Crippen molar-refractivity contribution in [1.82, 2.24) is 10.2 Å². The molecule has 2 aliphatic heterocycles. The lowest BCUT2D eigenvalue weighted by atomic mass is 9.81. The minimum Gasteiger partial charge on any atom is -0.497 e. The molecule has 1 unspecified atom stereocenters. The number of hydrogen-bond acceptors (Lipinski definition) is 5. The number of amides is 2. The molecule has 3 rings (SSSR count). The average Bonchev–Trinajstić information content (AvgIpc) is 3.14. The van der Waals surface area contributed by atoms with Crippen molar-refractivity contribution >= 4 is 11.8 Å². The highest BCUT2D eigenvalue weighted by molar-refractivity contribution is 5.89. The van der Waals surface area contributed by atoms with Crippen LogP contribution in [0, 0.1) is 5.41 Å². The molecule has 0 saturated carbocycles. The van der Waals surface area contributed by atoms with Gasteiger partial charge < -0.3 is 25.4 Å². The Morgan fingerprint density at radius 1 is 1.38 bits per heavy atom. The van der Waals surface area contributed by atoms with E-state index in [9.17, 15) is 9.59 Å². The van der Waals surface area contributed by atoms with Crippen LogP contribution in [0.4, 0.5) is 0 Å². The summed E-state index contributed by atoms with van der Waals surface area (Å²) in [5, 5.41) is 3.06. The molecule has 2 heterocycles. The predicted octanol–water partition coefficient (Wildman–Crippen LogP) is -0.114. The molecule has 3 N–H and O–H groups in total. The molecule has 7 heteroatoms. The maximum atomic E-state index is 13.0. The van der Waals surface area contributed by atoms with E-state index in [0.29, 0.717) is 26.1 Å². The van der Waals surface area contributed by atoms with Crippen molar-refractivity contribution in [2.24, 2.45) is 11.1 Å². The second kappa shape index (κ2) is 6.41. The van der Waals surface area contributed by atoms with Crippen LogP contribution in [0.2, 0.25) is 0 Å². The van der Waals surface area contributed by atoms with E-state index < -0.39 is 17.4 Å². The van der Waals surface area contributed by atoms with Crippen molar-refractivity contribution in [3.63, 3.8) is 0 Å². The van der Waals surface area contributed by atoms with Crippen molar-refractivity contribution < 1.29 is 19.1 Å². The number of primary amides is 1. The van der Waals surface area contributed by atoms with Gasteiger partial charge in [-0.15, -0.1) is 0 Å². The monoisotopic (exact) mass is 333 g/mol. The number of carbonyl (C=O) groups excluding carboxylic acids is 2. The van der Waals surface area contributed by atoms with Gasteiger partial charge in [-0.2, -0.15) is 0 Å². The molecule has 0 bridgehead atoms. The Labute approximate surface area is 141 Å². The normalized spacial score (nSPS) is 29.4. The summed E-state index contributed by atoms with van der Waals surface area (Å²) in [7, 11) is 3.22. The zero-order valence-corrected chi connectivity index (χ0v) is 14.0. The number of nitrogens with zero attached hydrogens (tertiary/aromatic N) is 1. The Hall–Kier alpha value is -2.12. The van der Waals surface area contributed by atoms with Crippen LogP contribution in [0.3, 0.4) is 0 Å². The van der Waals surface area contributed by atoms with Gasteiger partial charge in [-0.1, -0.05) is 12.1 Å². The first-order valence-corrected chi connectivity index (χ1v) is 7.98. The van der Waals surface area contributed by atoms with Crippen LogP contribution >= 0.6 is 0 Å². The molecule has 0 aliphatic carbocycles. The fourth-order valence-electron chi connectivity index (χ4n) is 3.72. The lowest BCUT2D eigenvalue weighted by molar-refractivity contribution is -0.137. The highest BCUT2D eigenvalue weighted by Gasteiger charge is 2.58. The number of nitrogens with one attached hydrogen (secondary N) is 1. The van der Waals surface area contributed by atoms with Crippen molar-refractivity contribution in [2.45, 2.75) is 25.1 Å². The van der Waals surface area contributed by atoms with Crippen LogP contribution in [0.1, 0.15) is 12.0 Å². The molecule has 24 heavy (non-hydrogen) atoms. The van der Waals surface area contributed by atoms with Crippen LogP contribution in [0.5, 0.6) is 5.75 Å². The van der Waals surface area contributed by atoms with Gasteiger partial charge in [0.05, 0.1) is 24.7 Å². The van der Waals surface area contributed by atoms with Gasteiger partial charge in [0.25, 0.3) is 0 Å². The number of hydrogen-bond donors (Lipinski definition) is 2. The van der Waals surface area contributed by atoms with E-state index in [-0.39, 0.29) is 12.0 Å². The fourth-order valence-corrected chi connectivity index (χ4v) is 3.72. The minimum absolute atomic E-state index is 0.0152. The van der Waals surface area contributed by atoms with Gasteiger partial charge in [0.1, 0.15) is 5.75 Å². The van der Waals surface area contributed by atoms with E-state index in [1.807, 2.05) is 24.3 Å². The number of methoxy groups -OCH3 is 2. The highest BCUT2D eigenvalue weighted by atomic mass is 16.5. The van der Waals surface area contributed by atoms with Crippen molar-refractivity contribution in [2.75, 3.05) is 27.3 Å². The molecule has 1 aromatic carbocycles. The lowest BCUT2D eigenvalue weighted by Gasteiger charge is -2.26. The number of ether oxygens (including phenoxy) is 2. The Bertz CT molecular complexity index is 633. The van der Waals surface area contributed by atoms with Gasteiger partial charge in [0.15, 0.2) is 0 Å². The van der Waals surface area contributed by atoms with E-state index >= 15 is 0 Å². The van der Waals surface area contributed by atoms with Gasteiger partial charge in [0, 0.05) is 26.7 Å². The van der Waals surface area contributed by atoms with Crippen molar-refractivity contribution in [3.05, 3.63) is 29.8 Å². The summed E-state index contributed by atoms with van der Waals surface area (Å²) in [5.41, 5.74) is 5.70. The molecular weight excluding hydrogens is 310 g/mol. The Kier molecular flexibility index (Phi) is 4.47. The number of likely N-dealkylation sites (tertiary alicyclic amines) is 1. The number of rotatable bonds is 5. The Balaban J connectivity index is 1.77. The highest BCUT2D eigenvalue weighted by Crippen LogP contribution is 2.41. The first kappa shape index (κ1) is 16.7. The SMILES string of the molecule is COc1ccc(CN2CC(OC)[C@]3(CN[C@H](C(N)=O)C3)C2=O)cc1. The first-order valence-electron chi connectivity index (χ1n) is 7.98. The van der Waals surface area contributed by atoms with Crippen LogP contribution < -0.4 is 15.8 Å². The van der Waals surface area contributed by atoms with Crippen LogP contribution in [-0.2, 0) is 20.9 Å². The summed E-state index contributed by atoms with van der Waals surface area (Å²) in [4.78, 5) is 26.3. The van der Waals surface area contributed by atoms with Crippen LogP contribution in [0.25, 0.3) is 0 Å².